The van der Waals surface area contributed by atoms with Gasteiger partial charge in [0.05, 0.1) is 88.4 Å². The molecule has 0 saturated carbocycles. The van der Waals surface area contributed by atoms with E-state index in [2.05, 4.69) is 47.6 Å². The first-order chi connectivity index (χ1) is 29.5. The second-order valence-corrected chi connectivity index (χ2v) is 19.2. The standard InChI is InChI=1S/C29H29N5O23S6.5Na/c1-50-20-13-24(61(42,43)8-6-53-63(47,48)49)21(51-2)11-18(20)32-33-19-12-23(62(44,45)46)16-10-22(58-56-54-38)27(28(35)25(16)26(19)30)34-31-17-4-3-14(9-15(17)29(36)37)60(40,41)7-5-52-59-57-55-39;;;;;/h3-4,9-13,35,38-39H,5-8,30H2,1-2H3,(H,36,37)(H,44,45,46)(H,47,48,49);;;;;/q;5*+1/p-5. The van der Waals surface area contributed by atoms with Crippen molar-refractivity contribution in [3.8, 4) is 17.2 Å². The number of anilines is 1. The van der Waals surface area contributed by atoms with E-state index in [1.807, 2.05) is 0 Å². The number of phenolic OH excluding ortho intramolecular Hbond substituents is 1. The Labute approximate surface area is 505 Å². The Bertz CT molecular complexity index is 2920. The molecule has 0 fully saturated rings. The normalized spacial score (nSPS) is 11.8. The molecule has 0 radical (unpaired) electrons. The molecule has 39 heteroatoms. The number of sulfone groups is 2. The Morgan fingerprint density at radius 1 is 0.721 bits per heavy atom. The van der Waals surface area contributed by atoms with Gasteiger partial charge < -0.3 is 49.8 Å². The van der Waals surface area contributed by atoms with Gasteiger partial charge in [0.25, 0.3) is 0 Å². The number of ether oxygens (including phenoxy) is 2. The molecule has 0 heterocycles. The summed E-state index contributed by atoms with van der Waals surface area (Å²) in [4.78, 5) is 9.29. The monoisotopic (exact) mass is 1120 g/mol. The van der Waals surface area contributed by atoms with E-state index in [1.165, 1.54) is 0 Å². The number of phenols is 1. The predicted molar refractivity (Wildman–Crippen MR) is 200 cm³/mol. The van der Waals surface area contributed by atoms with Crippen molar-refractivity contribution in [3.63, 3.8) is 0 Å². The second-order valence-electron chi connectivity index (χ2n) is 11.4. The van der Waals surface area contributed by atoms with Crippen LogP contribution in [0.2, 0.25) is 0 Å². The number of aromatic hydroxyl groups is 1. The van der Waals surface area contributed by atoms with Crippen LogP contribution in [-0.2, 0) is 67.3 Å². The van der Waals surface area contributed by atoms with Crippen LogP contribution >= 0.6 is 24.4 Å². The summed E-state index contributed by atoms with van der Waals surface area (Å²) in [5.41, 5.74) is 2.50. The summed E-state index contributed by atoms with van der Waals surface area (Å²) in [7, 11) is -17.4. The minimum absolute atomic E-state index is 0. The van der Waals surface area contributed by atoms with E-state index < -0.39 is 141 Å². The number of carboxylic acid groups (broad SMARTS) is 1. The maximum absolute atomic E-state index is 13.0. The Balaban J connectivity index is 0. The average Bonchev–Trinajstić information content (AvgIpc) is 3.20. The molecule has 0 saturated heterocycles. The maximum atomic E-state index is 13.0. The number of carboxylic acids is 1. The van der Waals surface area contributed by atoms with Crippen molar-refractivity contribution in [2.45, 2.75) is 19.6 Å². The molecule has 344 valence electrons. The summed E-state index contributed by atoms with van der Waals surface area (Å²) in [5.74, 6) is -5.59. The van der Waals surface area contributed by atoms with Crippen LogP contribution in [0.1, 0.15) is 10.4 Å². The van der Waals surface area contributed by atoms with Gasteiger partial charge in [0.2, 0.25) is 10.4 Å². The first-order valence-electron chi connectivity index (χ1n) is 16.0. The zero-order valence-electron chi connectivity index (χ0n) is 36.1. The largest absolute Gasteiger partial charge is 1.00 e. The molecule has 68 heavy (non-hydrogen) atoms. The van der Waals surface area contributed by atoms with E-state index in [-0.39, 0.29) is 184 Å². The Hall–Kier alpha value is 0.110. The molecule has 0 aliphatic heterocycles. The fourth-order valence-electron chi connectivity index (χ4n) is 5.04. The number of hydrogen-bond acceptors (Lipinski definition) is 30. The first-order valence-corrected chi connectivity index (χ1v) is 23.4. The summed E-state index contributed by atoms with van der Waals surface area (Å²) in [5, 5.41) is 64.5. The molecule has 0 aliphatic rings. The number of carbonyl (C=O) groups is 1. The van der Waals surface area contributed by atoms with E-state index in [1.54, 1.807) is 0 Å². The van der Waals surface area contributed by atoms with Crippen LogP contribution in [-0.4, -0.2) is 92.8 Å². The number of benzene rings is 4. The van der Waals surface area contributed by atoms with Crippen molar-refractivity contribution in [1.29, 1.82) is 0 Å². The zero-order chi connectivity index (χ0) is 46.9. The molecule has 0 aromatic heterocycles. The SMILES string of the molecule is COc1cc(S(=O)(=O)CCOS(=O)(=O)[O-])c(OC)cc1N=Nc1cc(S(=O)(=O)[O-])c2cc(SOO[O-])c(N=Nc3ccc(S(=O)(=O)CCOSOO[O-])cc3C(=O)[O-])c(O)c2c1N.[Na+].[Na+].[Na+].[Na+].[Na+]. The number of hydrogen-bond donors (Lipinski definition) is 2. The number of methoxy groups -OCH3 is 2. The zero-order valence-corrected chi connectivity index (χ0v) is 51.0. The molecule has 0 bridgehead atoms. The van der Waals surface area contributed by atoms with Crippen LogP contribution in [0.3, 0.4) is 0 Å². The van der Waals surface area contributed by atoms with Crippen LogP contribution < -0.4 is 179 Å². The van der Waals surface area contributed by atoms with Crippen molar-refractivity contribution in [3.05, 3.63) is 48.0 Å². The third-order valence-corrected chi connectivity index (χ3v) is 13.4. The average molecular weight is 1120 g/mol. The van der Waals surface area contributed by atoms with Crippen LogP contribution in [0.5, 0.6) is 17.2 Å². The quantitative estimate of drug-likeness (QED) is 0.00801. The van der Waals surface area contributed by atoms with Crippen molar-refractivity contribution >= 4 is 110 Å². The van der Waals surface area contributed by atoms with E-state index in [9.17, 15) is 68.3 Å². The van der Waals surface area contributed by atoms with E-state index in [0.29, 0.717) is 12.1 Å². The number of azo groups is 2. The van der Waals surface area contributed by atoms with Gasteiger partial charge in [0.1, 0.15) is 43.6 Å². The summed E-state index contributed by atoms with van der Waals surface area (Å²) in [6.07, 6.45) is 0. The number of rotatable bonds is 23. The van der Waals surface area contributed by atoms with Crippen LogP contribution in [0.25, 0.3) is 10.8 Å². The molecule has 3 N–H and O–H groups in total. The maximum Gasteiger partial charge on any atom is 1.00 e. The minimum Gasteiger partial charge on any atom is -0.744 e. The third-order valence-electron chi connectivity index (χ3n) is 7.73. The summed E-state index contributed by atoms with van der Waals surface area (Å²) >= 11 is 0.0176. The van der Waals surface area contributed by atoms with Gasteiger partial charge in [-0.05, 0) is 30.3 Å². The predicted octanol–water partition coefficient (Wildman–Crippen LogP) is -14.7. The molecule has 0 aliphatic carbocycles. The topological polar surface area (TPSA) is 438 Å². The fourth-order valence-corrected chi connectivity index (χ4v) is 9.29. The van der Waals surface area contributed by atoms with Crippen molar-refractivity contribution in [2.24, 2.45) is 20.5 Å². The van der Waals surface area contributed by atoms with E-state index in [0.717, 1.165) is 44.6 Å². The van der Waals surface area contributed by atoms with Crippen LogP contribution in [0.15, 0.2) is 82.5 Å². The summed E-state index contributed by atoms with van der Waals surface area (Å²) in [6.45, 7) is -1.61. The molecule has 0 unspecified atom stereocenters. The Kier molecular flexibility index (Phi) is 32.1. The van der Waals surface area contributed by atoms with Gasteiger partial charge in [-0.3, -0.25) is 18.4 Å². The Morgan fingerprint density at radius 2 is 1.31 bits per heavy atom. The number of carbonyl (C=O) groups excluding carboxylic acids is 1. The number of nitrogens with zero attached hydrogens (tertiary/aromatic N) is 4. The van der Waals surface area contributed by atoms with Crippen LogP contribution in [0, 0.1) is 0 Å². The van der Waals surface area contributed by atoms with Crippen LogP contribution in [0.4, 0.5) is 28.4 Å². The van der Waals surface area contributed by atoms with Crippen molar-refractivity contribution in [1.82, 2.24) is 0 Å². The smallest absolute Gasteiger partial charge is 0.744 e. The molecule has 4 aromatic carbocycles. The van der Waals surface area contributed by atoms with Gasteiger partial charge in [-0.15, -0.1) is 24.8 Å². The summed E-state index contributed by atoms with van der Waals surface area (Å²) < 4.78 is 149. The first kappa shape index (κ1) is 70.2. The van der Waals surface area contributed by atoms with Gasteiger partial charge in [0, 0.05) is 23.1 Å². The molecular formula is C29H24N5Na5O23S6. The number of nitrogen functional groups attached to an aromatic ring is 1. The molecule has 0 atom stereocenters. The molecule has 0 amide bonds. The molecular weight excluding hydrogens is 1090 g/mol. The number of nitrogens with two attached hydrogens (primary N) is 1. The Morgan fingerprint density at radius 3 is 1.87 bits per heavy atom. The molecule has 28 nitrogen and oxygen atoms in total. The molecule has 4 rings (SSSR count). The van der Waals surface area contributed by atoms with E-state index in [4.69, 9.17) is 15.2 Å². The van der Waals surface area contributed by atoms with Crippen molar-refractivity contribution < 1.29 is 253 Å². The second kappa shape index (κ2) is 31.1. The number of fused-ring (bicyclic) bond motifs is 1. The third kappa shape index (κ3) is 19.1. The van der Waals surface area contributed by atoms with Gasteiger partial charge in [-0.2, -0.15) is 4.33 Å². The summed E-state index contributed by atoms with van der Waals surface area (Å²) in [6, 6.07) is 5.70. The molecule has 0 spiro atoms. The van der Waals surface area contributed by atoms with Gasteiger partial charge >= 0.3 is 148 Å². The van der Waals surface area contributed by atoms with E-state index >= 15 is 0 Å². The van der Waals surface area contributed by atoms with Crippen molar-refractivity contribution in [2.75, 3.05) is 44.7 Å². The fraction of sp³-hybridized carbons (Fsp3) is 0.207. The minimum atomic E-state index is -5.53. The van der Waals surface area contributed by atoms with Gasteiger partial charge in [-0.25, -0.2) is 33.7 Å². The number of aromatic carboxylic acids is 1. The molecule has 4 aromatic rings. The van der Waals surface area contributed by atoms with Gasteiger partial charge in [-0.1, -0.05) is 0 Å². The van der Waals surface area contributed by atoms with Gasteiger partial charge in [0.15, 0.2) is 37.7 Å².